The molecule has 4 atom stereocenters. The number of rotatable bonds is 16. The molecule has 236 valence electrons. The zero-order chi connectivity index (χ0) is 31.5. The Bertz CT molecular complexity index is 1360. The minimum absolute atomic E-state index is 0.000786. The van der Waals surface area contributed by atoms with Gasteiger partial charge in [-0.15, -0.1) is 0 Å². The van der Waals surface area contributed by atoms with Gasteiger partial charge in [-0.2, -0.15) is 0 Å². The summed E-state index contributed by atoms with van der Waals surface area (Å²) in [6.45, 7) is 6.61. The molecule has 2 aromatic carbocycles. The highest BCUT2D eigenvalue weighted by Crippen LogP contribution is 2.35. The number of carbonyl (C=O) groups is 3. The van der Waals surface area contributed by atoms with Crippen LogP contribution in [0.2, 0.25) is 0 Å². The number of imide groups is 1. The third-order valence-electron chi connectivity index (χ3n) is 7.49. The van der Waals surface area contributed by atoms with Gasteiger partial charge in [0, 0.05) is 20.0 Å². The molecule has 0 aliphatic carbocycles. The number of amides is 2. The molecule has 3 aromatic rings. The molecule has 1 aliphatic rings. The molecule has 1 aromatic heterocycles. The molecule has 1 fully saturated rings. The third-order valence-corrected chi connectivity index (χ3v) is 8.16. The van der Waals surface area contributed by atoms with Gasteiger partial charge in [-0.25, -0.2) is 9.69 Å². The lowest BCUT2D eigenvalue weighted by Crippen LogP contribution is -2.44. The van der Waals surface area contributed by atoms with Crippen LogP contribution < -0.4 is 0 Å². The van der Waals surface area contributed by atoms with E-state index in [1.54, 1.807) is 13.0 Å². The molecule has 0 spiro atoms. The molecule has 0 saturated carbocycles. The first-order valence-electron chi connectivity index (χ1n) is 15.0. The standard InChI is InChI=1S/C34H40BrNO8/c1-4-28(41-20-26-14-9-6-10-15-26)22-40-17-11-16-30-29(35)19-31(44-30)32(43-24(3)37)23(2)33(38)36-27(21-42-34(36)39)18-25-12-7-5-8-13-25/h5-10,12-15,19,23,27-28,32H,4,11,16-18,20-22H2,1-3H3/t23-,27?,28+,32-/m0/s1. The number of carbonyl (C=O) groups excluding carboxylic acids is 3. The molecule has 1 saturated heterocycles. The van der Waals surface area contributed by atoms with Crippen LogP contribution in [-0.4, -0.2) is 54.8 Å². The number of halogens is 1. The van der Waals surface area contributed by atoms with Crippen LogP contribution in [0, 0.1) is 5.92 Å². The lowest BCUT2D eigenvalue weighted by molar-refractivity contribution is -0.154. The molecule has 4 rings (SSSR count). The van der Waals surface area contributed by atoms with E-state index in [0.29, 0.717) is 55.1 Å². The van der Waals surface area contributed by atoms with Gasteiger partial charge >= 0.3 is 12.1 Å². The Morgan fingerprint density at radius 2 is 1.75 bits per heavy atom. The number of furan rings is 1. The smallest absolute Gasteiger partial charge is 0.416 e. The molecule has 0 bridgehead atoms. The fourth-order valence-corrected chi connectivity index (χ4v) is 5.56. The van der Waals surface area contributed by atoms with Crippen LogP contribution in [0.1, 0.15) is 62.4 Å². The average Bonchev–Trinajstić information content (AvgIpc) is 3.58. The maximum absolute atomic E-state index is 13.6. The third kappa shape index (κ3) is 9.27. The number of hydrogen-bond donors (Lipinski definition) is 0. The van der Waals surface area contributed by atoms with Crippen molar-refractivity contribution in [2.45, 2.75) is 71.3 Å². The molecule has 2 heterocycles. The molecule has 0 radical (unpaired) electrons. The van der Waals surface area contributed by atoms with Crippen LogP contribution in [0.25, 0.3) is 0 Å². The van der Waals surface area contributed by atoms with Gasteiger partial charge in [-0.05, 0) is 59.3 Å². The SMILES string of the molecule is CC[C@H](COCCCc1oc([C@@H](OC(C)=O)[C@H](C)C(=O)N2C(=O)OCC2Cc2ccccc2)cc1Br)OCc1ccccc1. The van der Waals surface area contributed by atoms with Gasteiger partial charge in [0.05, 0.1) is 35.8 Å². The van der Waals surface area contributed by atoms with Crippen molar-refractivity contribution in [3.8, 4) is 0 Å². The highest BCUT2D eigenvalue weighted by molar-refractivity contribution is 9.10. The van der Waals surface area contributed by atoms with Crippen LogP contribution in [0.3, 0.4) is 0 Å². The first kappa shape index (κ1) is 33.4. The van der Waals surface area contributed by atoms with Crippen molar-refractivity contribution in [3.63, 3.8) is 0 Å². The van der Waals surface area contributed by atoms with E-state index in [-0.39, 0.29) is 12.7 Å². The monoisotopic (exact) mass is 669 g/mol. The van der Waals surface area contributed by atoms with Crippen molar-refractivity contribution >= 4 is 33.9 Å². The second-order valence-electron chi connectivity index (χ2n) is 10.9. The van der Waals surface area contributed by atoms with Gasteiger partial charge in [0.1, 0.15) is 18.1 Å². The summed E-state index contributed by atoms with van der Waals surface area (Å²) in [6, 6.07) is 20.9. The summed E-state index contributed by atoms with van der Waals surface area (Å²) in [5.41, 5.74) is 2.10. The van der Waals surface area contributed by atoms with E-state index in [1.165, 1.54) is 6.92 Å². The number of ether oxygens (including phenoxy) is 4. The molecule has 1 aliphatic heterocycles. The van der Waals surface area contributed by atoms with Gasteiger partial charge in [0.15, 0.2) is 6.10 Å². The molecule has 0 N–H and O–H groups in total. The van der Waals surface area contributed by atoms with E-state index < -0.39 is 36.0 Å². The minimum Gasteiger partial charge on any atom is -0.461 e. The highest BCUT2D eigenvalue weighted by Gasteiger charge is 2.43. The van der Waals surface area contributed by atoms with Crippen molar-refractivity contribution in [1.82, 2.24) is 4.90 Å². The van der Waals surface area contributed by atoms with E-state index in [0.717, 1.165) is 22.4 Å². The van der Waals surface area contributed by atoms with Crippen LogP contribution in [0.5, 0.6) is 0 Å². The van der Waals surface area contributed by atoms with Gasteiger partial charge in [0.2, 0.25) is 5.91 Å². The predicted octanol–water partition coefficient (Wildman–Crippen LogP) is 6.82. The molecule has 9 nitrogen and oxygen atoms in total. The molecule has 2 amide bonds. The fourth-order valence-electron chi connectivity index (χ4n) is 5.06. The van der Waals surface area contributed by atoms with Crippen LogP contribution in [0.15, 0.2) is 75.6 Å². The van der Waals surface area contributed by atoms with Gasteiger partial charge < -0.3 is 23.4 Å². The van der Waals surface area contributed by atoms with E-state index in [2.05, 4.69) is 22.9 Å². The van der Waals surface area contributed by atoms with Crippen LogP contribution in [-0.2, 0) is 48.0 Å². The summed E-state index contributed by atoms with van der Waals surface area (Å²) in [5.74, 6) is -1.00. The Hall–Kier alpha value is -3.47. The summed E-state index contributed by atoms with van der Waals surface area (Å²) in [7, 11) is 0. The first-order valence-corrected chi connectivity index (χ1v) is 15.8. The summed E-state index contributed by atoms with van der Waals surface area (Å²) in [5, 5.41) is 0. The van der Waals surface area contributed by atoms with Crippen molar-refractivity contribution in [3.05, 3.63) is 93.9 Å². The molecule has 10 heteroatoms. The Labute approximate surface area is 266 Å². The van der Waals surface area contributed by atoms with E-state index in [1.807, 2.05) is 60.7 Å². The van der Waals surface area contributed by atoms with E-state index in [4.69, 9.17) is 23.4 Å². The molecule has 44 heavy (non-hydrogen) atoms. The Morgan fingerprint density at radius 1 is 1.07 bits per heavy atom. The maximum Gasteiger partial charge on any atom is 0.416 e. The highest BCUT2D eigenvalue weighted by atomic mass is 79.9. The summed E-state index contributed by atoms with van der Waals surface area (Å²) in [4.78, 5) is 39.5. The molecular formula is C34H40BrNO8. The molecular weight excluding hydrogens is 630 g/mol. The summed E-state index contributed by atoms with van der Waals surface area (Å²) in [6.07, 6.45) is 0.820. The number of cyclic esters (lactones) is 1. The number of esters is 1. The van der Waals surface area contributed by atoms with Crippen molar-refractivity contribution in [1.29, 1.82) is 0 Å². The first-order chi connectivity index (χ1) is 21.3. The Morgan fingerprint density at radius 3 is 2.41 bits per heavy atom. The minimum atomic E-state index is -1.03. The second-order valence-corrected chi connectivity index (χ2v) is 11.7. The summed E-state index contributed by atoms with van der Waals surface area (Å²) < 4.78 is 29.5. The normalized spacial score (nSPS) is 16.8. The van der Waals surface area contributed by atoms with Gasteiger partial charge in [-0.3, -0.25) is 9.59 Å². The van der Waals surface area contributed by atoms with Gasteiger partial charge in [0.25, 0.3) is 0 Å². The fraction of sp³-hybridized carbons (Fsp3) is 0.441. The maximum atomic E-state index is 13.6. The topological polar surface area (TPSA) is 105 Å². The zero-order valence-corrected chi connectivity index (χ0v) is 27.0. The molecule has 1 unspecified atom stereocenters. The Balaban J connectivity index is 1.33. The number of benzene rings is 2. The Kier molecular flexibility index (Phi) is 12.6. The average molecular weight is 671 g/mol. The quantitative estimate of drug-likeness (QED) is 0.121. The zero-order valence-electron chi connectivity index (χ0n) is 25.4. The summed E-state index contributed by atoms with van der Waals surface area (Å²) >= 11 is 3.54. The van der Waals surface area contributed by atoms with Crippen molar-refractivity contribution in [2.75, 3.05) is 19.8 Å². The van der Waals surface area contributed by atoms with E-state index in [9.17, 15) is 14.4 Å². The number of nitrogens with zero attached hydrogens (tertiary/aromatic N) is 1. The lowest BCUT2D eigenvalue weighted by atomic mass is 9.98. The van der Waals surface area contributed by atoms with Crippen LogP contribution in [0.4, 0.5) is 4.79 Å². The van der Waals surface area contributed by atoms with Crippen molar-refractivity contribution in [2.24, 2.45) is 5.92 Å². The predicted molar refractivity (Wildman–Crippen MR) is 167 cm³/mol. The number of aryl methyl sites for hydroxylation is 1. The van der Waals surface area contributed by atoms with Crippen molar-refractivity contribution < 1.29 is 37.7 Å². The van der Waals surface area contributed by atoms with E-state index >= 15 is 0 Å². The van der Waals surface area contributed by atoms with Gasteiger partial charge in [-0.1, -0.05) is 67.6 Å². The second kappa shape index (κ2) is 16.6. The van der Waals surface area contributed by atoms with Crippen LogP contribution >= 0.6 is 15.9 Å². The largest absolute Gasteiger partial charge is 0.461 e. The lowest BCUT2D eigenvalue weighted by Gasteiger charge is -2.27. The number of hydrogen-bond acceptors (Lipinski definition) is 8.